The van der Waals surface area contributed by atoms with E-state index in [1.54, 1.807) is 24.3 Å². The first-order valence-corrected chi connectivity index (χ1v) is 8.57. The van der Waals surface area contributed by atoms with Crippen LogP contribution in [0.25, 0.3) is 0 Å². The van der Waals surface area contributed by atoms with Crippen LogP contribution >= 0.6 is 11.6 Å². The summed E-state index contributed by atoms with van der Waals surface area (Å²) in [5.41, 5.74) is 0. The van der Waals surface area contributed by atoms with Crippen LogP contribution in [0, 0.1) is 0 Å². The molecule has 1 atom stereocenters. The summed E-state index contributed by atoms with van der Waals surface area (Å²) in [5, 5.41) is 18.3. The number of aliphatic hydroxyl groups excluding tert-OH is 1. The molecule has 0 spiro atoms. The molecule has 0 amide bonds. The number of hydrogen-bond donors (Lipinski definition) is 3. The molecule has 0 saturated carbocycles. The number of aliphatic hydroxyl groups is 1. The number of carboxylic acid groups (broad SMARTS) is 1. The van der Waals surface area contributed by atoms with E-state index in [0.717, 1.165) is 0 Å². The molecule has 9 heteroatoms. The number of aliphatic carboxylic acids is 1. The molecule has 2 rings (SSSR count). The van der Waals surface area contributed by atoms with Crippen molar-refractivity contribution >= 4 is 27.6 Å². The number of benzene rings is 2. The fraction of sp³-hybridized carbons (Fsp3) is 0.133. The SMILES string of the molecule is O=C(O)[C@@H](CO)NS(=O)(=O)c1ccc(Oc2ccc(Cl)cc2)cc1. The van der Waals surface area contributed by atoms with Gasteiger partial charge >= 0.3 is 5.97 Å². The zero-order chi connectivity index (χ0) is 17.7. The van der Waals surface area contributed by atoms with Crippen molar-refractivity contribution in [1.82, 2.24) is 4.72 Å². The van der Waals surface area contributed by atoms with Crippen LogP contribution < -0.4 is 9.46 Å². The lowest BCUT2D eigenvalue weighted by Crippen LogP contribution is -2.43. The lowest BCUT2D eigenvalue weighted by molar-refractivity contribution is -0.139. The number of rotatable bonds is 7. The minimum absolute atomic E-state index is 0.148. The Kier molecular flexibility index (Phi) is 5.79. The molecular weight excluding hydrogens is 358 g/mol. The van der Waals surface area contributed by atoms with Crippen LogP contribution in [-0.2, 0) is 14.8 Å². The van der Waals surface area contributed by atoms with Crippen molar-refractivity contribution in [3.05, 3.63) is 53.6 Å². The molecule has 2 aromatic carbocycles. The first-order valence-electron chi connectivity index (χ1n) is 6.71. The largest absolute Gasteiger partial charge is 0.480 e. The molecule has 0 fully saturated rings. The second-order valence-electron chi connectivity index (χ2n) is 4.72. The Balaban J connectivity index is 2.13. The summed E-state index contributed by atoms with van der Waals surface area (Å²) in [5.74, 6) is -0.545. The highest BCUT2D eigenvalue weighted by Gasteiger charge is 2.24. The summed E-state index contributed by atoms with van der Waals surface area (Å²) < 4.78 is 31.6. The van der Waals surface area contributed by atoms with Gasteiger partial charge in [0.2, 0.25) is 10.0 Å². The summed E-state index contributed by atoms with van der Waals surface area (Å²) in [6, 6.07) is 10.4. The van der Waals surface area contributed by atoms with E-state index in [2.05, 4.69) is 0 Å². The van der Waals surface area contributed by atoms with Crippen LogP contribution in [0.4, 0.5) is 0 Å². The predicted octanol–water partition coefficient (Wildman–Crippen LogP) is 1.86. The van der Waals surface area contributed by atoms with Crippen molar-refractivity contribution in [2.75, 3.05) is 6.61 Å². The molecule has 3 N–H and O–H groups in total. The Hall–Kier alpha value is -2.13. The highest BCUT2D eigenvalue weighted by atomic mass is 35.5. The number of carbonyl (C=O) groups is 1. The van der Waals surface area contributed by atoms with E-state index in [4.69, 9.17) is 26.6 Å². The van der Waals surface area contributed by atoms with Gasteiger partial charge in [0, 0.05) is 5.02 Å². The normalized spacial score (nSPS) is 12.6. The van der Waals surface area contributed by atoms with E-state index >= 15 is 0 Å². The van der Waals surface area contributed by atoms with E-state index < -0.39 is 28.6 Å². The summed E-state index contributed by atoms with van der Waals surface area (Å²) >= 11 is 5.77. The third-order valence-electron chi connectivity index (χ3n) is 2.96. The van der Waals surface area contributed by atoms with Gasteiger partial charge in [-0.3, -0.25) is 4.79 Å². The van der Waals surface area contributed by atoms with E-state index in [-0.39, 0.29) is 4.90 Å². The third kappa shape index (κ3) is 4.68. The number of ether oxygens (including phenoxy) is 1. The molecule has 0 aliphatic rings. The maximum absolute atomic E-state index is 12.1. The van der Waals surface area contributed by atoms with E-state index in [9.17, 15) is 13.2 Å². The Bertz CT molecular complexity index is 805. The zero-order valence-electron chi connectivity index (χ0n) is 12.2. The number of carboxylic acids is 1. The van der Waals surface area contributed by atoms with E-state index in [0.29, 0.717) is 16.5 Å². The standard InChI is InChI=1S/C15H14ClNO6S/c16-10-1-3-11(4-2-10)23-12-5-7-13(8-6-12)24(21,22)17-14(9-18)15(19)20/h1-8,14,17-18H,9H2,(H,19,20)/t14-/m1/s1. The van der Waals surface area contributed by atoms with Gasteiger partial charge in [0.1, 0.15) is 17.5 Å². The molecule has 2 aromatic rings. The Morgan fingerprint density at radius 2 is 1.58 bits per heavy atom. The Labute approximate surface area is 143 Å². The number of sulfonamides is 1. The molecule has 128 valence electrons. The lowest BCUT2D eigenvalue weighted by atomic mass is 10.3. The zero-order valence-corrected chi connectivity index (χ0v) is 13.8. The van der Waals surface area contributed by atoms with Gasteiger partial charge in [0.15, 0.2) is 0 Å². The van der Waals surface area contributed by atoms with Gasteiger partial charge in [-0.25, -0.2) is 8.42 Å². The van der Waals surface area contributed by atoms with Gasteiger partial charge in [0.05, 0.1) is 11.5 Å². The molecule has 0 saturated heterocycles. The van der Waals surface area contributed by atoms with Crippen molar-refractivity contribution in [2.24, 2.45) is 0 Å². The first kappa shape index (κ1) is 18.2. The van der Waals surface area contributed by atoms with Gasteiger partial charge in [-0.1, -0.05) is 11.6 Å². The monoisotopic (exact) mass is 371 g/mol. The summed E-state index contributed by atoms with van der Waals surface area (Å²) in [6.07, 6.45) is 0. The highest BCUT2D eigenvalue weighted by molar-refractivity contribution is 7.89. The molecule has 0 aliphatic carbocycles. The molecule has 0 unspecified atom stereocenters. The fourth-order valence-electron chi connectivity index (χ4n) is 1.75. The fourth-order valence-corrected chi connectivity index (χ4v) is 3.05. The average Bonchev–Trinajstić information content (AvgIpc) is 2.55. The van der Waals surface area contributed by atoms with Crippen LogP contribution in [0.1, 0.15) is 0 Å². The summed E-state index contributed by atoms with van der Waals surface area (Å²) in [4.78, 5) is 10.7. The minimum Gasteiger partial charge on any atom is -0.480 e. The van der Waals surface area contributed by atoms with Crippen molar-refractivity contribution in [3.63, 3.8) is 0 Å². The maximum atomic E-state index is 12.1. The van der Waals surface area contributed by atoms with Gasteiger partial charge in [-0.2, -0.15) is 4.72 Å². The maximum Gasteiger partial charge on any atom is 0.324 e. The van der Waals surface area contributed by atoms with Gasteiger partial charge < -0.3 is 14.9 Å². The molecule has 7 nitrogen and oxygen atoms in total. The first-order chi connectivity index (χ1) is 11.3. The van der Waals surface area contributed by atoms with Crippen molar-refractivity contribution in [1.29, 1.82) is 0 Å². The van der Waals surface area contributed by atoms with Crippen LogP contribution in [0.15, 0.2) is 53.4 Å². The van der Waals surface area contributed by atoms with Crippen LogP contribution in [0.2, 0.25) is 5.02 Å². The number of nitrogens with one attached hydrogen (secondary N) is 1. The van der Waals surface area contributed by atoms with E-state index in [1.807, 2.05) is 4.72 Å². The van der Waals surface area contributed by atoms with Crippen LogP contribution in [-0.4, -0.2) is 37.2 Å². The second-order valence-corrected chi connectivity index (χ2v) is 6.87. The third-order valence-corrected chi connectivity index (χ3v) is 4.70. The Morgan fingerprint density at radius 3 is 2.04 bits per heavy atom. The number of hydrogen-bond acceptors (Lipinski definition) is 5. The van der Waals surface area contributed by atoms with Gasteiger partial charge in [-0.05, 0) is 48.5 Å². The smallest absolute Gasteiger partial charge is 0.324 e. The van der Waals surface area contributed by atoms with Crippen molar-refractivity contribution < 1.29 is 28.2 Å². The topological polar surface area (TPSA) is 113 Å². The van der Waals surface area contributed by atoms with Crippen molar-refractivity contribution in [3.8, 4) is 11.5 Å². The highest BCUT2D eigenvalue weighted by Crippen LogP contribution is 2.24. The summed E-state index contributed by atoms with van der Waals surface area (Å²) in [6.45, 7) is -0.855. The molecule has 0 radical (unpaired) electrons. The molecule has 0 bridgehead atoms. The molecule has 0 heterocycles. The summed E-state index contributed by atoms with van der Waals surface area (Å²) in [7, 11) is -4.08. The molecule has 24 heavy (non-hydrogen) atoms. The molecule has 0 aliphatic heterocycles. The minimum atomic E-state index is -4.08. The average molecular weight is 372 g/mol. The molecule has 0 aromatic heterocycles. The van der Waals surface area contributed by atoms with Gasteiger partial charge in [0.25, 0.3) is 0 Å². The van der Waals surface area contributed by atoms with Gasteiger partial charge in [-0.15, -0.1) is 0 Å². The second kappa shape index (κ2) is 7.63. The van der Waals surface area contributed by atoms with Crippen molar-refractivity contribution in [2.45, 2.75) is 10.9 Å². The lowest BCUT2D eigenvalue weighted by Gasteiger charge is -2.12. The van der Waals surface area contributed by atoms with Crippen LogP contribution in [0.5, 0.6) is 11.5 Å². The predicted molar refractivity (Wildman–Crippen MR) is 86.8 cm³/mol. The number of halogens is 1. The van der Waals surface area contributed by atoms with E-state index in [1.165, 1.54) is 24.3 Å². The van der Waals surface area contributed by atoms with Crippen LogP contribution in [0.3, 0.4) is 0 Å². The Morgan fingerprint density at radius 1 is 1.08 bits per heavy atom. The quantitative estimate of drug-likeness (QED) is 0.684. The molecular formula is C15H14ClNO6S.